The number of piperidine rings is 1. The van der Waals surface area contributed by atoms with Crippen molar-refractivity contribution in [2.24, 2.45) is 0 Å². The van der Waals surface area contributed by atoms with Crippen molar-refractivity contribution in [1.82, 2.24) is 15.1 Å². The highest BCUT2D eigenvalue weighted by Crippen LogP contribution is 2.34. The number of fused-ring (bicyclic) bond motifs is 1. The highest BCUT2D eigenvalue weighted by atomic mass is 16.5. The predicted molar refractivity (Wildman–Crippen MR) is 119 cm³/mol. The SMILES string of the molecule is [2H]c1cc([2H])c2c(c1OCc1ccc(CN3CCOCC3=O)cc1)C([2H])([2H])N(C1CCC(=O)NC1=O)C2=O. The highest BCUT2D eigenvalue weighted by molar-refractivity contribution is 6.05. The molecule has 9 heteroatoms. The molecule has 2 saturated heterocycles. The fourth-order valence-corrected chi connectivity index (χ4v) is 4.09. The van der Waals surface area contributed by atoms with Gasteiger partial charge in [-0.2, -0.15) is 0 Å². The van der Waals surface area contributed by atoms with Crippen LogP contribution in [0.15, 0.2) is 42.4 Å². The molecule has 1 unspecified atom stereocenters. The van der Waals surface area contributed by atoms with E-state index >= 15 is 0 Å². The maximum Gasteiger partial charge on any atom is 0.255 e. The normalized spacial score (nSPS) is 23.6. The van der Waals surface area contributed by atoms with Gasteiger partial charge in [0.25, 0.3) is 5.91 Å². The Morgan fingerprint density at radius 1 is 1.15 bits per heavy atom. The molecule has 0 saturated carbocycles. The van der Waals surface area contributed by atoms with Crippen LogP contribution >= 0.6 is 0 Å². The first-order valence-corrected chi connectivity index (χ1v) is 11.0. The molecule has 0 bridgehead atoms. The quantitative estimate of drug-likeness (QED) is 0.644. The number of hydrogen-bond acceptors (Lipinski definition) is 6. The van der Waals surface area contributed by atoms with Crippen LogP contribution in [0.5, 0.6) is 5.75 Å². The van der Waals surface area contributed by atoms with E-state index in [-0.39, 0.29) is 60.9 Å². The largest absolute Gasteiger partial charge is 0.489 e. The van der Waals surface area contributed by atoms with Gasteiger partial charge in [0, 0.05) is 30.6 Å². The zero-order valence-electron chi connectivity index (χ0n) is 22.3. The molecule has 2 aromatic carbocycles. The van der Waals surface area contributed by atoms with Crippen LogP contribution in [0.4, 0.5) is 0 Å². The van der Waals surface area contributed by atoms with Crippen molar-refractivity contribution in [2.75, 3.05) is 19.8 Å². The summed E-state index contributed by atoms with van der Waals surface area (Å²) in [5, 5.41) is 2.13. The van der Waals surface area contributed by atoms with E-state index in [1.165, 1.54) is 0 Å². The van der Waals surface area contributed by atoms with Crippen molar-refractivity contribution in [1.29, 1.82) is 0 Å². The number of nitrogens with zero attached hydrogens (tertiary/aromatic N) is 2. The molecule has 3 aliphatic heterocycles. The summed E-state index contributed by atoms with van der Waals surface area (Å²) in [6.07, 6.45) is -0.105. The number of rotatable bonds is 6. The molecule has 3 aliphatic rings. The van der Waals surface area contributed by atoms with Crippen LogP contribution in [-0.4, -0.2) is 59.2 Å². The first-order valence-electron chi connectivity index (χ1n) is 13.0. The van der Waals surface area contributed by atoms with Crippen molar-refractivity contribution >= 4 is 23.6 Å². The lowest BCUT2D eigenvalue weighted by Gasteiger charge is -2.29. The minimum Gasteiger partial charge on any atom is -0.489 e. The number of ether oxygens (including phenoxy) is 2. The number of morpholine rings is 1. The van der Waals surface area contributed by atoms with E-state index in [1.54, 1.807) is 17.0 Å². The van der Waals surface area contributed by atoms with E-state index in [2.05, 4.69) is 5.32 Å². The van der Waals surface area contributed by atoms with Crippen LogP contribution in [0.3, 0.4) is 0 Å². The van der Waals surface area contributed by atoms with Crippen LogP contribution in [0.25, 0.3) is 0 Å². The predicted octanol–water partition coefficient (Wildman–Crippen LogP) is 1.39. The number of carbonyl (C=O) groups excluding carboxylic acids is 4. The van der Waals surface area contributed by atoms with E-state index < -0.39 is 30.3 Å². The Balaban J connectivity index is 1.37. The van der Waals surface area contributed by atoms with E-state index in [4.69, 9.17) is 15.0 Å². The lowest BCUT2D eigenvalue weighted by atomic mass is 10.0. The van der Waals surface area contributed by atoms with Gasteiger partial charge in [-0.3, -0.25) is 24.5 Å². The summed E-state index contributed by atoms with van der Waals surface area (Å²) < 4.78 is 45.1. The minimum atomic E-state index is -2.55. The Morgan fingerprint density at radius 2 is 1.94 bits per heavy atom. The van der Waals surface area contributed by atoms with Gasteiger partial charge in [0.15, 0.2) is 0 Å². The van der Waals surface area contributed by atoms with Gasteiger partial charge in [0.05, 0.1) is 18.6 Å². The van der Waals surface area contributed by atoms with Crippen LogP contribution in [-0.2, 0) is 38.8 Å². The summed E-state index contributed by atoms with van der Waals surface area (Å²) in [6.45, 7) is -1.08. The second kappa shape index (κ2) is 9.26. The summed E-state index contributed by atoms with van der Waals surface area (Å²) in [5.41, 5.74) is 1.08. The Labute approximate surface area is 202 Å². The Morgan fingerprint density at radius 3 is 2.71 bits per heavy atom. The second-order valence-electron chi connectivity index (χ2n) is 8.24. The first kappa shape index (κ1) is 17.7. The topological polar surface area (TPSA) is 105 Å². The van der Waals surface area contributed by atoms with Gasteiger partial charge in [0.1, 0.15) is 25.0 Å². The average molecular weight is 468 g/mol. The van der Waals surface area contributed by atoms with Gasteiger partial charge in [0.2, 0.25) is 17.7 Å². The summed E-state index contributed by atoms with van der Waals surface area (Å²) in [5.74, 6) is -2.42. The molecular formula is C25H25N3O6. The maximum atomic E-state index is 13.3. The smallest absolute Gasteiger partial charge is 0.255 e. The Kier molecular flexibility index (Phi) is 4.83. The Bertz CT molecular complexity index is 1330. The zero-order chi connectivity index (χ0) is 27.2. The molecule has 5 rings (SSSR count). The average Bonchev–Trinajstić information content (AvgIpc) is 3.07. The van der Waals surface area contributed by atoms with E-state index in [9.17, 15) is 19.2 Å². The second-order valence-corrected chi connectivity index (χ2v) is 8.24. The number of carbonyl (C=O) groups is 4. The van der Waals surface area contributed by atoms with Gasteiger partial charge in [-0.15, -0.1) is 0 Å². The van der Waals surface area contributed by atoms with Crippen LogP contribution in [0, 0.1) is 0 Å². The fraction of sp³-hybridized carbons (Fsp3) is 0.360. The third-order valence-electron chi connectivity index (χ3n) is 5.95. The van der Waals surface area contributed by atoms with Crippen LogP contribution < -0.4 is 10.1 Å². The van der Waals surface area contributed by atoms with E-state index in [0.717, 1.165) is 16.5 Å². The summed E-state index contributed by atoms with van der Waals surface area (Å²) in [6, 6.07) is 6.52. The summed E-state index contributed by atoms with van der Waals surface area (Å²) in [4.78, 5) is 51.7. The summed E-state index contributed by atoms with van der Waals surface area (Å²) in [7, 11) is 0. The Hall–Kier alpha value is -3.72. The van der Waals surface area contributed by atoms with Crippen molar-refractivity contribution < 1.29 is 34.1 Å². The molecule has 0 spiro atoms. The zero-order valence-corrected chi connectivity index (χ0v) is 18.3. The van der Waals surface area contributed by atoms with Crippen molar-refractivity contribution in [2.45, 2.75) is 38.5 Å². The van der Waals surface area contributed by atoms with Gasteiger partial charge in [-0.1, -0.05) is 30.3 Å². The monoisotopic (exact) mass is 467 g/mol. The molecule has 176 valence electrons. The van der Waals surface area contributed by atoms with Gasteiger partial charge < -0.3 is 19.3 Å². The van der Waals surface area contributed by atoms with Crippen molar-refractivity contribution in [3.63, 3.8) is 0 Å². The molecule has 0 radical (unpaired) electrons. The molecule has 0 aliphatic carbocycles. The minimum absolute atomic E-state index is 0.0465. The van der Waals surface area contributed by atoms with E-state index in [1.807, 2.05) is 12.1 Å². The molecule has 0 aromatic heterocycles. The standard InChI is InChI=1S/C25H25N3O6/c29-22-9-8-20(24(31)26-22)28-13-19-18(25(28)32)2-1-3-21(19)34-14-17-6-4-16(5-7-17)12-27-10-11-33-15-23(27)30/h1-7,20H,8-15H2,(H,26,29,31)/i2D,3D,13D2. The number of nitrogens with one attached hydrogen (secondary N) is 1. The molecule has 4 amide bonds. The van der Waals surface area contributed by atoms with Gasteiger partial charge in [-0.05, 0) is 29.6 Å². The van der Waals surface area contributed by atoms with Crippen LogP contribution in [0.2, 0.25) is 0 Å². The summed E-state index contributed by atoms with van der Waals surface area (Å²) >= 11 is 0. The van der Waals surface area contributed by atoms with Gasteiger partial charge >= 0.3 is 0 Å². The lowest BCUT2D eigenvalue weighted by molar-refractivity contribution is -0.143. The fourth-order valence-electron chi connectivity index (χ4n) is 4.09. The van der Waals surface area contributed by atoms with Crippen molar-refractivity contribution in [3.05, 3.63) is 64.7 Å². The number of benzene rings is 2. The molecule has 2 fully saturated rings. The molecular weight excluding hydrogens is 438 g/mol. The third-order valence-corrected chi connectivity index (χ3v) is 5.95. The van der Waals surface area contributed by atoms with Crippen LogP contribution in [0.1, 0.15) is 45.4 Å². The molecule has 3 heterocycles. The van der Waals surface area contributed by atoms with Crippen molar-refractivity contribution in [3.8, 4) is 5.75 Å². The molecule has 1 N–H and O–H groups in total. The maximum absolute atomic E-state index is 13.3. The number of hydrogen-bond donors (Lipinski definition) is 1. The lowest BCUT2D eigenvalue weighted by Crippen LogP contribution is -2.52. The van der Waals surface area contributed by atoms with Gasteiger partial charge in [-0.25, -0.2) is 0 Å². The molecule has 9 nitrogen and oxygen atoms in total. The molecule has 1 atom stereocenters. The van der Waals surface area contributed by atoms with E-state index in [0.29, 0.717) is 25.3 Å². The number of imide groups is 1. The highest BCUT2D eigenvalue weighted by Gasteiger charge is 2.40. The molecule has 2 aromatic rings. The molecule has 34 heavy (non-hydrogen) atoms. The third kappa shape index (κ3) is 4.38. The first-order chi connectivity index (χ1) is 18.1. The number of amides is 4.